The molecule has 0 spiro atoms. The number of aromatic nitrogens is 4. The fraction of sp³-hybridized carbons (Fsp3) is 0.222. The summed E-state index contributed by atoms with van der Waals surface area (Å²) >= 11 is 5.80. The summed E-state index contributed by atoms with van der Waals surface area (Å²) in [5.74, 6) is 0.0640. The summed E-state index contributed by atoms with van der Waals surface area (Å²) in [4.78, 5) is 27.9. The lowest BCUT2D eigenvalue weighted by atomic mass is 10.3. The number of nitro groups is 1. The van der Waals surface area contributed by atoms with Gasteiger partial charge in [-0.1, -0.05) is 11.6 Å². The maximum absolute atomic E-state index is 11.3. The van der Waals surface area contributed by atoms with Crippen LogP contribution in [0.15, 0.2) is 11.1 Å². The minimum atomic E-state index is -0.532. The molecule has 0 aliphatic carbocycles. The van der Waals surface area contributed by atoms with E-state index in [1.165, 1.54) is 18.5 Å². The SMILES string of the molecule is Cc1nn(-c2nc[nH]c(=O)c2Cl)c(C)c1[N+](=O)[O-]. The molecule has 0 saturated carbocycles. The minimum absolute atomic E-state index is 0.0640. The maximum Gasteiger partial charge on any atom is 0.313 e. The molecular weight excluding hydrogens is 262 g/mol. The molecule has 0 amide bonds. The van der Waals surface area contributed by atoms with Crippen molar-refractivity contribution in [2.45, 2.75) is 13.8 Å². The van der Waals surface area contributed by atoms with Gasteiger partial charge in [0.2, 0.25) is 0 Å². The Balaban J connectivity index is 2.73. The standard InChI is InChI=1S/C9H8ClN5O3/c1-4-7(15(17)18)5(2)14(13-4)8-6(10)9(16)12-3-11-8/h3H,1-2H3,(H,11,12,16). The first-order chi connectivity index (χ1) is 8.43. The fourth-order valence-corrected chi connectivity index (χ4v) is 1.81. The molecule has 2 rings (SSSR count). The van der Waals surface area contributed by atoms with Crippen LogP contribution in [-0.2, 0) is 0 Å². The van der Waals surface area contributed by atoms with Gasteiger partial charge in [0.25, 0.3) is 5.56 Å². The summed E-state index contributed by atoms with van der Waals surface area (Å²) in [6.07, 6.45) is 1.16. The van der Waals surface area contributed by atoms with Crippen LogP contribution < -0.4 is 5.56 Å². The van der Waals surface area contributed by atoms with Gasteiger partial charge in [-0.25, -0.2) is 9.67 Å². The molecule has 0 aromatic carbocycles. The summed E-state index contributed by atoms with van der Waals surface area (Å²) in [6.45, 7) is 3.01. The van der Waals surface area contributed by atoms with Crippen molar-refractivity contribution in [3.05, 3.63) is 43.2 Å². The molecule has 0 bridgehead atoms. The van der Waals surface area contributed by atoms with Crippen LogP contribution in [0.3, 0.4) is 0 Å². The van der Waals surface area contributed by atoms with E-state index in [9.17, 15) is 14.9 Å². The van der Waals surface area contributed by atoms with Crippen molar-refractivity contribution in [2.75, 3.05) is 0 Å². The molecule has 0 unspecified atom stereocenters. The van der Waals surface area contributed by atoms with Crippen LogP contribution in [0.25, 0.3) is 5.82 Å². The van der Waals surface area contributed by atoms with Crippen molar-refractivity contribution in [2.24, 2.45) is 0 Å². The van der Waals surface area contributed by atoms with E-state index in [0.29, 0.717) is 0 Å². The number of hydrogen-bond donors (Lipinski definition) is 1. The molecular formula is C9H8ClN5O3. The minimum Gasteiger partial charge on any atom is -0.312 e. The summed E-state index contributed by atoms with van der Waals surface area (Å²) in [5.41, 5.74) is -0.154. The first kappa shape index (κ1) is 12.2. The van der Waals surface area contributed by atoms with Gasteiger partial charge in [-0.05, 0) is 13.8 Å². The van der Waals surface area contributed by atoms with Gasteiger partial charge in [-0.15, -0.1) is 0 Å². The Labute approximate surface area is 105 Å². The van der Waals surface area contributed by atoms with Gasteiger partial charge in [0.15, 0.2) is 10.8 Å². The second kappa shape index (κ2) is 4.22. The Hall–Kier alpha value is -2.22. The van der Waals surface area contributed by atoms with E-state index in [0.717, 1.165) is 6.33 Å². The van der Waals surface area contributed by atoms with Crippen LogP contribution in [0, 0.1) is 24.0 Å². The molecule has 0 aliphatic heterocycles. The molecule has 0 saturated heterocycles. The molecule has 0 atom stereocenters. The molecule has 9 heteroatoms. The molecule has 2 aromatic rings. The Morgan fingerprint density at radius 2 is 2.17 bits per heavy atom. The van der Waals surface area contributed by atoms with E-state index in [-0.39, 0.29) is 27.9 Å². The Bertz CT molecular complexity index is 690. The average Bonchev–Trinajstić information content (AvgIpc) is 2.58. The summed E-state index contributed by atoms with van der Waals surface area (Å²) in [7, 11) is 0. The van der Waals surface area contributed by atoms with Gasteiger partial charge in [0, 0.05) is 0 Å². The third-order valence-electron chi connectivity index (χ3n) is 2.41. The second-order valence-corrected chi connectivity index (χ2v) is 3.94. The van der Waals surface area contributed by atoms with E-state index in [1.54, 1.807) is 0 Å². The molecule has 94 valence electrons. The van der Waals surface area contributed by atoms with Gasteiger partial charge in [0.05, 0.1) is 11.3 Å². The monoisotopic (exact) mass is 269 g/mol. The van der Waals surface area contributed by atoms with Gasteiger partial charge in [0.1, 0.15) is 11.4 Å². The average molecular weight is 270 g/mol. The highest BCUT2D eigenvalue weighted by molar-refractivity contribution is 6.31. The first-order valence-corrected chi connectivity index (χ1v) is 5.25. The van der Waals surface area contributed by atoms with E-state index in [1.807, 2.05) is 0 Å². The molecule has 0 aliphatic rings. The summed E-state index contributed by atoms with van der Waals surface area (Å²) < 4.78 is 1.19. The number of hydrogen-bond acceptors (Lipinski definition) is 5. The van der Waals surface area contributed by atoms with E-state index < -0.39 is 10.5 Å². The van der Waals surface area contributed by atoms with Crippen molar-refractivity contribution in [3.8, 4) is 5.82 Å². The Kier molecular flexibility index (Phi) is 2.87. The molecule has 1 N–H and O–H groups in total. The van der Waals surface area contributed by atoms with Gasteiger partial charge < -0.3 is 4.98 Å². The summed E-state index contributed by atoms with van der Waals surface area (Å²) in [5, 5.41) is 14.7. The Morgan fingerprint density at radius 1 is 1.50 bits per heavy atom. The van der Waals surface area contributed by atoms with E-state index in [4.69, 9.17) is 11.6 Å². The number of nitrogens with zero attached hydrogens (tertiary/aromatic N) is 4. The lowest BCUT2D eigenvalue weighted by Crippen LogP contribution is -2.13. The van der Waals surface area contributed by atoms with Crippen LogP contribution in [0.4, 0.5) is 5.69 Å². The predicted octanol–water partition coefficient (Wildman–Crippen LogP) is 1.13. The largest absolute Gasteiger partial charge is 0.313 e. The smallest absolute Gasteiger partial charge is 0.312 e. The second-order valence-electron chi connectivity index (χ2n) is 3.56. The maximum atomic E-state index is 11.3. The third kappa shape index (κ3) is 1.76. The molecule has 2 heterocycles. The van der Waals surface area contributed by atoms with Crippen molar-refractivity contribution in [3.63, 3.8) is 0 Å². The molecule has 0 fully saturated rings. The highest BCUT2D eigenvalue weighted by Gasteiger charge is 2.24. The number of aryl methyl sites for hydroxylation is 1. The first-order valence-electron chi connectivity index (χ1n) is 4.87. The van der Waals surface area contributed by atoms with Crippen LogP contribution in [-0.4, -0.2) is 24.7 Å². The highest BCUT2D eigenvalue weighted by Crippen LogP contribution is 2.25. The van der Waals surface area contributed by atoms with E-state index in [2.05, 4.69) is 15.1 Å². The van der Waals surface area contributed by atoms with Crippen LogP contribution in [0.1, 0.15) is 11.4 Å². The quantitative estimate of drug-likeness (QED) is 0.650. The molecule has 2 aromatic heterocycles. The van der Waals surface area contributed by atoms with Crippen molar-refractivity contribution >= 4 is 17.3 Å². The van der Waals surface area contributed by atoms with Gasteiger partial charge in [-0.3, -0.25) is 14.9 Å². The van der Waals surface area contributed by atoms with Crippen LogP contribution >= 0.6 is 11.6 Å². The van der Waals surface area contributed by atoms with Crippen LogP contribution in [0.2, 0.25) is 5.02 Å². The fourth-order valence-electron chi connectivity index (χ4n) is 1.63. The van der Waals surface area contributed by atoms with Gasteiger partial charge >= 0.3 is 5.69 Å². The zero-order valence-corrected chi connectivity index (χ0v) is 10.2. The summed E-state index contributed by atoms with van der Waals surface area (Å²) in [6, 6.07) is 0. The number of nitrogens with one attached hydrogen (secondary N) is 1. The number of aromatic amines is 1. The topological polar surface area (TPSA) is 107 Å². The van der Waals surface area contributed by atoms with Gasteiger partial charge in [-0.2, -0.15) is 5.10 Å². The van der Waals surface area contributed by atoms with Crippen molar-refractivity contribution in [1.82, 2.24) is 19.7 Å². The number of halogens is 1. The Morgan fingerprint density at radius 3 is 2.72 bits per heavy atom. The lowest BCUT2D eigenvalue weighted by molar-refractivity contribution is -0.386. The van der Waals surface area contributed by atoms with Crippen LogP contribution in [0.5, 0.6) is 0 Å². The zero-order valence-electron chi connectivity index (χ0n) is 9.47. The lowest BCUT2D eigenvalue weighted by Gasteiger charge is -2.02. The molecule has 18 heavy (non-hydrogen) atoms. The third-order valence-corrected chi connectivity index (χ3v) is 2.76. The predicted molar refractivity (Wildman–Crippen MR) is 63.1 cm³/mol. The van der Waals surface area contributed by atoms with Crippen molar-refractivity contribution in [1.29, 1.82) is 0 Å². The van der Waals surface area contributed by atoms with E-state index >= 15 is 0 Å². The molecule has 8 nitrogen and oxygen atoms in total. The highest BCUT2D eigenvalue weighted by atomic mass is 35.5. The van der Waals surface area contributed by atoms with Crippen molar-refractivity contribution < 1.29 is 4.92 Å². The normalized spacial score (nSPS) is 10.6. The number of H-pyrrole nitrogens is 1. The zero-order chi connectivity index (χ0) is 13.4. The molecule has 0 radical (unpaired) electrons. The number of rotatable bonds is 2.